The summed E-state index contributed by atoms with van der Waals surface area (Å²) in [7, 11) is 1.47. The molecular formula is C17H34N2O2. The Morgan fingerprint density at radius 2 is 1.95 bits per heavy atom. The molecule has 124 valence electrons. The predicted molar refractivity (Wildman–Crippen MR) is 87.4 cm³/mol. The topological polar surface area (TPSA) is 41.6 Å². The maximum atomic E-state index is 12.2. The van der Waals surface area contributed by atoms with Crippen LogP contribution in [0.5, 0.6) is 0 Å². The standard InChI is InChI=1S/C17H34N2O2/c1-7-10-18-17(5,15(20)21-6)13-14(2)19-11-8-16(3,4)9-12-19/h14,18H,7-13H2,1-6H3. The molecule has 2 unspecified atom stereocenters. The number of esters is 1. The number of hydrogen-bond acceptors (Lipinski definition) is 4. The Morgan fingerprint density at radius 3 is 2.43 bits per heavy atom. The summed E-state index contributed by atoms with van der Waals surface area (Å²) in [5.41, 5.74) is -0.126. The summed E-state index contributed by atoms with van der Waals surface area (Å²) in [6.07, 6.45) is 4.27. The van der Waals surface area contributed by atoms with E-state index in [1.807, 2.05) is 6.92 Å². The molecule has 2 atom stereocenters. The molecule has 4 nitrogen and oxygen atoms in total. The molecule has 0 spiro atoms. The van der Waals surface area contributed by atoms with Crippen LogP contribution in [0, 0.1) is 5.41 Å². The summed E-state index contributed by atoms with van der Waals surface area (Å²) in [6.45, 7) is 14.1. The molecule has 1 fully saturated rings. The molecule has 1 N–H and O–H groups in total. The minimum Gasteiger partial charge on any atom is -0.468 e. The van der Waals surface area contributed by atoms with E-state index in [1.54, 1.807) is 0 Å². The predicted octanol–water partition coefficient (Wildman–Crippen LogP) is 2.82. The Labute approximate surface area is 130 Å². The molecule has 1 aliphatic rings. The van der Waals surface area contributed by atoms with Gasteiger partial charge in [0.2, 0.25) is 0 Å². The van der Waals surface area contributed by atoms with Crippen molar-refractivity contribution in [1.82, 2.24) is 10.2 Å². The lowest BCUT2D eigenvalue weighted by Gasteiger charge is -2.42. The second-order valence-electron chi connectivity index (χ2n) is 7.50. The largest absolute Gasteiger partial charge is 0.468 e. The van der Waals surface area contributed by atoms with Crippen molar-refractivity contribution in [3.05, 3.63) is 0 Å². The van der Waals surface area contributed by atoms with E-state index < -0.39 is 5.54 Å². The number of piperidine rings is 1. The first-order valence-corrected chi connectivity index (χ1v) is 8.31. The van der Waals surface area contributed by atoms with Gasteiger partial charge in [0.25, 0.3) is 0 Å². The molecule has 0 radical (unpaired) electrons. The van der Waals surface area contributed by atoms with E-state index in [4.69, 9.17) is 4.74 Å². The smallest absolute Gasteiger partial charge is 0.325 e. The quantitative estimate of drug-likeness (QED) is 0.734. The number of ether oxygens (including phenoxy) is 1. The lowest BCUT2D eigenvalue weighted by atomic mass is 9.81. The maximum absolute atomic E-state index is 12.2. The molecule has 0 aromatic heterocycles. The third-order valence-electron chi connectivity index (χ3n) is 4.88. The molecule has 0 aromatic carbocycles. The highest BCUT2D eigenvalue weighted by Crippen LogP contribution is 2.31. The van der Waals surface area contributed by atoms with E-state index in [2.05, 4.69) is 37.9 Å². The molecule has 1 saturated heterocycles. The van der Waals surface area contributed by atoms with Crippen molar-refractivity contribution in [3.8, 4) is 0 Å². The van der Waals surface area contributed by atoms with Crippen molar-refractivity contribution < 1.29 is 9.53 Å². The fourth-order valence-electron chi connectivity index (χ4n) is 3.14. The highest BCUT2D eigenvalue weighted by molar-refractivity contribution is 5.80. The van der Waals surface area contributed by atoms with E-state index >= 15 is 0 Å². The number of hydrogen-bond donors (Lipinski definition) is 1. The van der Waals surface area contributed by atoms with Crippen molar-refractivity contribution in [2.24, 2.45) is 5.41 Å². The van der Waals surface area contributed by atoms with Crippen molar-refractivity contribution in [1.29, 1.82) is 0 Å². The molecule has 0 amide bonds. The van der Waals surface area contributed by atoms with E-state index in [0.717, 1.165) is 32.5 Å². The van der Waals surface area contributed by atoms with Crippen molar-refractivity contribution in [2.45, 2.75) is 71.9 Å². The van der Waals surface area contributed by atoms with Gasteiger partial charge in [-0.3, -0.25) is 4.79 Å². The minimum absolute atomic E-state index is 0.153. The van der Waals surface area contributed by atoms with Crippen LogP contribution in [0.1, 0.15) is 60.3 Å². The monoisotopic (exact) mass is 298 g/mol. The Kier molecular flexibility index (Phi) is 6.67. The molecule has 0 saturated carbocycles. The second-order valence-corrected chi connectivity index (χ2v) is 7.50. The highest BCUT2D eigenvalue weighted by Gasteiger charge is 2.37. The molecule has 0 aliphatic carbocycles. The molecule has 1 heterocycles. The molecule has 0 bridgehead atoms. The molecule has 21 heavy (non-hydrogen) atoms. The highest BCUT2D eigenvalue weighted by atomic mass is 16.5. The van der Waals surface area contributed by atoms with Gasteiger partial charge in [-0.15, -0.1) is 0 Å². The van der Waals surface area contributed by atoms with Crippen molar-refractivity contribution >= 4 is 5.97 Å². The van der Waals surface area contributed by atoms with Gasteiger partial charge in [0.05, 0.1) is 7.11 Å². The maximum Gasteiger partial charge on any atom is 0.325 e. The molecule has 1 rings (SSSR count). The number of likely N-dealkylation sites (tertiary alicyclic amines) is 1. The third kappa shape index (κ3) is 5.26. The zero-order valence-electron chi connectivity index (χ0n) is 14.8. The second kappa shape index (κ2) is 7.59. The van der Waals surface area contributed by atoms with Gasteiger partial charge in [0.1, 0.15) is 5.54 Å². The van der Waals surface area contributed by atoms with Crippen LogP contribution in [0.3, 0.4) is 0 Å². The van der Waals surface area contributed by atoms with E-state index in [1.165, 1.54) is 20.0 Å². The third-order valence-corrected chi connectivity index (χ3v) is 4.88. The van der Waals surface area contributed by atoms with Crippen LogP contribution in [0.2, 0.25) is 0 Å². The normalized spacial score (nSPS) is 23.3. The van der Waals surface area contributed by atoms with Gasteiger partial charge >= 0.3 is 5.97 Å². The Bertz CT molecular complexity index is 334. The summed E-state index contributed by atoms with van der Waals surface area (Å²) in [5, 5.41) is 3.38. The SMILES string of the molecule is CCCNC(C)(CC(C)N1CCC(C)(C)CC1)C(=O)OC. The first-order chi connectivity index (χ1) is 9.74. The Morgan fingerprint density at radius 1 is 1.38 bits per heavy atom. The lowest BCUT2D eigenvalue weighted by molar-refractivity contribution is -0.149. The average molecular weight is 298 g/mol. The van der Waals surface area contributed by atoms with Crippen LogP contribution in [0.4, 0.5) is 0 Å². The van der Waals surface area contributed by atoms with E-state index in [9.17, 15) is 4.79 Å². The van der Waals surface area contributed by atoms with Gasteiger partial charge in [-0.2, -0.15) is 0 Å². The summed E-state index contributed by atoms with van der Waals surface area (Å²) in [6, 6.07) is 0.384. The van der Waals surface area contributed by atoms with Gasteiger partial charge in [0.15, 0.2) is 0 Å². The molecular weight excluding hydrogens is 264 g/mol. The number of carbonyl (C=O) groups is 1. The number of carbonyl (C=O) groups excluding carboxylic acids is 1. The lowest BCUT2D eigenvalue weighted by Crippen LogP contribution is -2.55. The first-order valence-electron chi connectivity index (χ1n) is 8.31. The van der Waals surface area contributed by atoms with Crippen LogP contribution in [-0.2, 0) is 9.53 Å². The zero-order chi connectivity index (χ0) is 16.1. The molecule has 4 heteroatoms. The molecule has 1 aliphatic heterocycles. The first kappa shape index (κ1) is 18.4. The fraction of sp³-hybridized carbons (Fsp3) is 0.941. The van der Waals surface area contributed by atoms with Gasteiger partial charge in [-0.25, -0.2) is 0 Å². The average Bonchev–Trinajstić information content (AvgIpc) is 2.43. The number of nitrogens with zero attached hydrogens (tertiary/aromatic N) is 1. The van der Waals surface area contributed by atoms with Crippen LogP contribution in [0.25, 0.3) is 0 Å². The number of nitrogens with one attached hydrogen (secondary N) is 1. The number of rotatable bonds is 7. The van der Waals surface area contributed by atoms with E-state index in [0.29, 0.717) is 11.5 Å². The van der Waals surface area contributed by atoms with Crippen LogP contribution >= 0.6 is 0 Å². The van der Waals surface area contributed by atoms with E-state index in [-0.39, 0.29) is 5.97 Å². The van der Waals surface area contributed by atoms with Crippen LogP contribution < -0.4 is 5.32 Å². The molecule has 0 aromatic rings. The van der Waals surface area contributed by atoms with Gasteiger partial charge < -0.3 is 15.0 Å². The van der Waals surface area contributed by atoms with Crippen LogP contribution in [0.15, 0.2) is 0 Å². The Hall–Kier alpha value is -0.610. The van der Waals surface area contributed by atoms with Gasteiger partial charge in [-0.1, -0.05) is 20.8 Å². The number of methoxy groups -OCH3 is 1. The van der Waals surface area contributed by atoms with Gasteiger partial charge in [-0.05, 0) is 64.6 Å². The zero-order valence-corrected chi connectivity index (χ0v) is 14.8. The van der Waals surface area contributed by atoms with Crippen LogP contribution in [-0.4, -0.2) is 49.2 Å². The van der Waals surface area contributed by atoms with Gasteiger partial charge in [0, 0.05) is 6.04 Å². The van der Waals surface area contributed by atoms with Crippen molar-refractivity contribution in [2.75, 3.05) is 26.7 Å². The minimum atomic E-state index is -0.586. The summed E-state index contributed by atoms with van der Waals surface area (Å²) in [4.78, 5) is 14.7. The Balaban J connectivity index is 2.63. The summed E-state index contributed by atoms with van der Waals surface area (Å²) in [5.74, 6) is -0.153. The van der Waals surface area contributed by atoms with Crippen molar-refractivity contribution in [3.63, 3.8) is 0 Å². The summed E-state index contributed by atoms with van der Waals surface area (Å²) < 4.78 is 5.01. The summed E-state index contributed by atoms with van der Waals surface area (Å²) >= 11 is 0. The fourth-order valence-corrected chi connectivity index (χ4v) is 3.14.